The van der Waals surface area contributed by atoms with Gasteiger partial charge in [0.1, 0.15) is 0 Å². The van der Waals surface area contributed by atoms with Crippen molar-refractivity contribution in [2.75, 3.05) is 0 Å². The highest BCUT2D eigenvalue weighted by Crippen LogP contribution is 2.22. The number of hydrogen-bond donors (Lipinski definition) is 1. The minimum absolute atomic E-state index is 0.121. The number of carbonyl (C=O) groups is 1. The lowest BCUT2D eigenvalue weighted by molar-refractivity contribution is 0.0699. The molecule has 1 aromatic heterocycles. The molecule has 1 aromatic carbocycles. The minimum atomic E-state index is -0.998. The number of fused-ring (bicyclic) bond motifs is 1. The maximum absolute atomic E-state index is 11.6. The van der Waals surface area contributed by atoms with Gasteiger partial charge in [0.2, 0.25) is 0 Å². The fourth-order valence-electron chi connectivity index (χ4n) is 1.46. The Bertz CT molecular complexity index is 598. The molecule has 1 N–H and O–H groups in total. The van der Waals surface area contributed by atoms with Gasteiger partial charge >= 0.3 is 5.97 Å². The molecule has 0 bridgehead atoms. The molecule has 76 valence electrons. The largest absolute Gasteiger partial charge is 0.478 e. The molecule has 0 aliphatic heterocycles. The van der Waals surface area contributed by atoms with Crippen LogP contribution in [0.3, 0.4) is 0 Å². The second kappa shape index (κ2) is 3.47. The SMILES string of the molecule is Cc1cc(=O)c2cccc(C(=O)O)c2s1. The average molecular weight is 220 g/mol. The van der Waals surface area contributed by atoms with Gasteiger partial charge in [-0.05, 0) is 25.1 Å². The van der Waals surface area contributed by atoms with Crippen molar-refractivity contribution >= 4 is 27.4 Å². The number of aryl methyl sites for hydroxylation is 1. The predicted octanol–water partition coefficient (Wildman–Crippen LogP) is 2.27. The average Bonchev–Trinajstić information content (AvgIpc) is 2.16. The molecule has 0 fully saturated rings. The lowest BCUT2D eigenvalue weighted by Crippen LogP contribution is -2.03. The molecule has 4 heteroatoms. The van der Waals surface area contributed by atoms with E-state index < -0.39 is 5.97 Å². The van der Waals surface area contributed by atoms with E-state index in [0.29, 0.717) is 10.1 Å². The van der Waals surface area contributed by atoms with Crippen LogP contribution in [0.25, 0.3) is 10.1 Å². The monoisotopic (exact) mass is 220 g/mol. The Kier molecular flexibility index (Phi) is 2.28. The first-order chi connectivity index (χ1) is 7.09. The molecule has 0 amide bonds. The van der Waals surface area contributed by atoms with E-state index in [0.717, 1.165) is 4.88 Å². The van der Waals surface area contributed by atoms with E-state index in [4.69, 9.17) is 5.11 Å². The number of benzene rings is 1. The number of carboxylic acid groups (broad SMARTS) is 1. The van der Waals surface area contributed by atoms with Gasteiger partial charge in [-0.2, -0.15) is 0 Å². The van der Waals surface area contributed by atoms with Crippen molar-refractivity contribution in [2.45, 2.75) is 6.92 Å². The summed E-state index contributed by atoms with van der Waals surface area (Å²) in [6, 6.07) is 6.29. The van der Waals surface area contributed by atoms with Gasteiger partial charge in [0.25, 0.3) is 0 Å². The summed E-state index contributed by atoms with van der Waals surface area (Å²) < 4.78 is 0.551. The molecule has 15 heavy (non-hydrogen) atoms. The number of hydrogen-bond acceptors (Lipinski definition) is 3. The van der Waals surface area contributed by atoms with Gasteiger partial charge in [0.05, 0.1) is 10.3 Å². The van der Waals surface area contributed by atoms with E-state index in [2.05, 4.69) is 0 Å². The van der Waals surface area contributed by atoms with Crippen molar-refractivity contribution in [1.29, 1.82) is 0 Å². The molecular weight excluding hydrogens is 212 g/mol. The van der Waals surface area contributed by atoms with Crippen LogP contribution >= 0.6 is 11.3 Å². The number of rotatable bonds is 1. The second-order valence-corrected chi connectivity index (χ2v) is 4.47. The fraction of sp³-hybridized carbons (Fsp3) is 0.0909. The predicted molar refractivity (Wildman–Crippen MR) is 59.8 cm³/mol. The van der Waals surface area contributed by atoms with E-state index in [9.17, 15) is 9.59 Å². The molecule has 0 aliphatic rings. The fourth-order valence-corrected chi connectivity index (χ4v) is 2.49. The summed E-state index contributed by atoms with van der Waals surface area (Å²) in [5.74, 6) is -0.998. The molecule has 0 radical (unpaired) electrons. The van der Waals surface area contributed by atoms with E-state index in [1.165, 1.54) is 23.5 Å². The van der Waals surface area contributed by atoms with E-state index in [1.807, 2.05) is 0 Å². The van der Waals surface area contributed by atoms with Gasteiger partial charge in [0.15, 0.2) is 5.43 Å². The Hall–Kier alpha value is -1.68. The molecule has 2 rings (SSSR count). The molecular formula is C11H8O3S. The van der Waals surface area contributed by atoms with Crippen LogP contribution in [0.4, 0.5) is 0 Å². The van der Waals surface area contributed by atoms with Crippen molar-refractivity contribution < 1.29 is 9.90 Å². The van der Waals surface area contributed by atoms with Crippen LogP contribution < -0.4 is 5.43 Å². The highest BCUT2D eigenvalue weighted by atomic mass is 32.1. The maximum atomic E-state index is 11.6. The number of aromatic carboxylic acids is 1. The smallest absolute Gasteiger partial charge is 0.337 e. The third-order valence-electron chi connectivity index (χ3n) is 2.11. The summed E-state index contributed by atoms with van der Waals surface area (Å²) in [5.41, 5.74) is 0.0719. The van der Waals surface area contributed by atoms with E-state index in [1.54, 1.807) is 19.1 Å². The molecule has 0 spiro atoms. The van der Waals surface area contributed by atoms with Gasteiger partial charge in [-0.3, -0.25) is 4.79 Å². The first-order valence-electron chi connectivity index (χ1n) is 4.36. The highest BCUT2D eigenvalue weighted by Gasteiger charge is 2.10. The second-order valence-electron chi connectivity index (χ2n) is 3.21. The summed E-state index contributed by atoms with van der Waals surface area (Å²) >= 11 is 1.33. The Morgan fingerprint density at radius 3 is 2.80 bits per heavy atom. The third kappa shape index (κ3) is 1.64. The highest BCUT2D eigenvalue weighted by molar-refractivity contribution is 7.18. The molecule has 0 saturated carbocycles. The summed E-state index contributed by atoms with van der Waals surface area (Å²) in [6.45, 7) is 1.80. The van der Waals surface area contributed by atoms with Crippen LogP contribution in [-0.4, -0.2) is 11.1 Å². The molecule has 0 saturated heterocycles. The summed E-state index contributed by atoms with van der Waals surface area (Å²) in [6.07, 6.45) is 0. The van der Waals surface area contributed by atoms with Crippen LogP contribution in [0.2, 0.25) is 0 Å². The van der Waals surface area contributed by atoms with Gasteiger partial charge < -0.3 is 5.11 Å². The van der Waals surface area contributed by atoms with Crippen molar-refractivity contribution in [3.05, 3.63) is 44.9 Å². The molecule has 0 unspecified atom stereocenters. The maximum Gasteiger partial charge on any atom is 0.337 e. The Morgan fingerprint density at radius 2 is 2.13 bits per heavy atom. The molecule has 0 aliphatic carbocycles. The van der Waals surface area contributed by atoms with Crippen molar-refractivity contribution in [3.63, 3.8) is 0 Å². The van der Waals surface area contributed by atoms with Crippen molar-refractivity contribution in [1.82, 2.24) is 0 Å². The zero-order valence-electron chi connectivity index (χ0n) is 7.98. The molecule has 3 nitrogen and oxygen atoms in total. The van der Waals surface area contributed by atoms with Crippen LogP contribution in [0, 0.1) is 6.92 Å². The lowest BCUT2D eigenvalue weighted by atomic mass is 10.1. The van der Waals surface area contributed by atoms with Crippen LogP contribution in [0.5, 0.6) is 0 Å². The van der Waals surface area contributed by atoms with Crippen LogP contribution in [0.1, 0.15) is 15.2 Å². The topological polar surface area (TPSA) is 54.4 Å². The van der Waals surface area contributed by atoms with Crippen molar-refractivity contribution in [2.24, 2.45) is 0 Å². The Balaban J connectivity index is 2.97. The van der Waals surface area contributed by atoms with Crippen LogP contribution in [0.15, 0.2) is 29.1 Å². The normalized spacial score (nSPS) is 10.5. The first kappa shape index (κ1) is 9.86. The van der Waals surface area contributed by atoms with Gasteiger partial charge in [-0.1, -0.05) is 6.07 Å². The van der Waals surface area contributed by atoms with Gasteiger partial charge in [-0.25, -0.2) is 4.79 Å². The van der Waals surface area contributed by atoms with Crippen LogP contribution in [-0.2, 0) is 0 Å². The van der Waals surface area contributed by atoms with Crippen molar-refractivity contribution in [3.8, 4) is 0 Å². The molecule has 0 atom stereocenters. The molecule has 2 aromatic rings. The molecule has 1 heterocycles. The van der Waals surface area contributed by atoms with Gasteiger partial charge in [0, 0.05) is 10.3 Å². The summed E-state index contributed by atoms with van der Waals surface area (Å²) in [4.78, 5) is 23.4. The zero-order valence-corrected chi connectivity index (χ0v) is 8.80. The van der Waals surface area contributed by atoms with Gasteiger partial charge in [-0.15, -0.1) is 11.3 Å². The summed E-state index contributed by atoms with van der Waals surface area (Å²) in [5, 5.41) is 9.45. The standard InChI is InChI=1S/C11H8O3S/c1-6-5-9(12)7-3-2-4-8(11(13)14)10(7)15-6/h2-5H,1H3,(H,13,14). The van der Waals surface area contributed by atoms with E-state index >= 15 is 0 Å². The lowest BCUT2D eigenvalue weighted by Gasteiger charge is -2.01. The quantitative estimate of drug-likeness (QED) is 0.802. The zero-order chi connectivity index (χ0) is 11.0. The first-order valence-corrected chi connectivity index (χ1v) is 5.18. The summed E-state index contributed by atoms with van der Waals surface area (Å²) in [7, 11) is 0. The number of carboxylic acids is 1. The third-order valence-corrected chi connectivity index (χ3v) is 3.19. The minimum Gasteiger partial charge on any atom is -0.478 e. The Morgan fingerprint density at radius 1 is 1.40 bits per heavy atom. The van der Waals surface area contributed by atoms with E-state index in [-0.39, 0.29) is 11.0 Å². The Labute approximate surface area is 89.6 Å².